The molecule has 0 aromatic heterocycles. The van der Waals surface area contributed by atoms with Gasteiger partial charge in [0.2, 0.25) is 0 Å². The Hall–Kier alpha value is -2.30. The predicted molar refractivity (Wildman–Crippen MR) is 115 cm³/mol. The Bertz CT molecular complexity index is 884. The van der Waals surface area contributed by atoms with E-state index >= 15 is 0 Å². The molecule has 2 N–H and O–H groups in total. The molecular weight excluding hydrogens is 352 g/mol. The van der Waals surface area contributed by atoms with Crippen LogP contribution in [-0.2, 0) is 0 Å². The lowest BCUT2D eigenvalue weighted by Crippen LogP contribution is -2.17. The first-order valence-electron chi connectivity index (χ1n) is 10.0. The summed E-state index contributed by atoms with van der Waals surface area (Å²) in [5.41, 5.74) is 2.25. The highest BCUT2D eigenvalue weighted by Gasteiger charge is 2.18. The van der Waals surface area contributed by atoms with E-state index in [9.17, 15) is 10.2 Å². The second-order valence-corrected chi connectivity index (χ2v) is 7.50. The van der Waals surface area contributed by atoms with Gasteiger partial charge < -0.3 is 19.7 Å². The molecule has 2 unspecified atom stereocenters. The number of hydrogen-bond donors (Lipinski definition) is 2. The van der Waals surface area contributed by atoms with Crippen LogP contribution in [0.3, 0.4) is 0 Å². The largest absolute Gasteiger partial charge is 0.490 e. The van der Waals surface area contributed by atoms with E-state index in [0.717, 1.165) is 44.2 Å². The van der Waals surface area contributed by atoms with Crippen LogP contribution in [0, 0.1) is 13.8 Å². The van der Waals surface area contributed by atoms with Crippen LogP contribution in [0.15, 0.2) is 36.4 Å². The molecule has 28 heavy (non-hydrogen) atoms. The average molecular weight is 383 g/mol. The van der Waals surface area contributed by atoms with Gasteiger partial charge in [0.25, 0.3) is 0 Å². The first-order valence-corrected chi connectivity index (χ1v) is 10.0. The lowest BCUT2D eigenvalue weighted by molar-refractivity contribution is 0.105. The number of aryl methyl sites for hydroxylation is 2. The van der Waals surface area contributed by atoms with E-state index in [2.05, 4.69) is 24.3 Å². The van der Waals surface area contributed by atoms with Crippen LogP contribution < -0.4 is 9.47 Å². The van der Waals surface area contributed by atoms with Gasteiger partial charge in [-0.3, -0.25) is 0 Å². The third kappa shape index (κ3) is 4.23. The van der Waals surface area contributed by atoms with Crippen LogP contribution in [0.25, 0.3) is 21.5 Å². The van der Waals surface area contributed by atoms with Crippen LogP contribution in [0.1, 0.15) is 37.8 Å². The molecule has 3 aromatic rings. The molecule has 4 heteroatoms. The van der Waals surface area contributed by atoms with E-state index in [1.165, 1.54) is 0 Å². The molecule has 0 aliphatic rings. The Kier molecular flexibility index (Phi) is 6.42. The van der Waals surface area contributed by atoms with Crippen molar-refractivity contribution >= 4 is 21.5 Å². The second-order valence-electron chi connectivity index (χ2n) is 7.50. The topological polar surface area (TPSA) is 58.9 Å². The molecule has 4 nitrogen and oxygen atoms in total. The zero-order chi connectivity index (χ0) is 20.3. The number of aliphatic hydroxyl groups is 2. The standard InChI is InChI=1S/C24H30O4/c1-5-17(25)13-27-23-19-9-7-16(4)12-22(19)24(28-14-18(26)6-2)20-10-8-15(3)11-21(20)23/h7-12,17-18,25-26H,5-6,13-14H2,1-4H3. The van der Waals surface area contributed by atoms with E-state index in [-0.39, 0.29) is 13.2 Å². The fourth-order valence-electron chi connectivity index (χ4n) is 3.28. The number of fused-ring (bicyclic) bond motifs is 2. The summed E-state index contributed by atoms with van der Waals surface area (Å²) in [6.07, 6.45) is 0.278. The lowest BCUT2D eigenvalue weighted by Gasteiger charge is -2.20. The average Bonchev–Trinajstić information content (AvgIpc) is 2.69. The van der Waals surface area contributed by atoms with Gasteiger partial charge in [-0.1, -0.05) is 49.2 Å². The molecule has 3 rings (SSSR count). The third-order valence-corrected chi connectivity index (χ3v) is 5.11. The summed E-state index contributed by atoms with van der Waals surface area (Å²) in [6, 6.07) is 12.4. The van der Waals surface area contributed by atoms with Crippen LogP contribution in [-0.4, -0.2) is 35.6 Å². The minimum absolute atomic E-state index is 0.247. The molecule has 2 atom stereocenters. The van der Waals surface area contributed by atoms with Gasteiger partial charge in [-0.05, 0) is 38.8 Å². The zero-order valence-corrected chi connectivity index (χ0v) is 17.2. The summed E-state index contributed by atoms with van der Waals surface area (Å²) in [5.74, 6) is 1.54. The highest BCUT2D eigenvalue weighted by atomic mass is 16.5. The van der Waals surface area contributed by atoms with Crippen molar-refractivity contribution < 1.29 is 19.7 Å². The summed E-state index contributed by atoms with van der Waals surface area (Å²) >= 11 is 0. The summed E-state index contributed by atoms with van der Waals surface area (Å²) in [4.78, 5) is 0. The highest BCUT2D eigenvalue weighted by molar-refractivity contribution is 6.11. The van der Waals surface area contributed by atoms with Crippen molar-refractivity contribution in [3.8, 4) is 11.5 Å². The summed E-state index contributed by atoms with van der Waals surface area (Å²) in [5, 5.41) is 23.8. The van der Waals surface area contributed by atoms with Crippen molar-refractivity contribution in [2.24, 2.45) is 0 Å². The van der Waals surface area contributed by atoms with Crippen molar-refractivity contribution in [3.05, 3.63) is 47.5 Å². The molecule has 0 fully saturated rings. The normalized spacial score (nSPS) is 13.6. The summed E-state index contributed by atoms with van der Waals surface area (Å²) in [7, 11) is 0. The SMILES string of the molecule is CCC(O)COc1c2ccc(C)cc2c(OCC(O)CC)c2ccc(C)cc12. The Balaban J connectivity index is 2.24. The van der Waals surface area contributed by atoms with E-state index in [4.69, 9.17) is 9.47 Å². The Labute approximate surface area is 166 Å². The Morgan fingerprint density at radius 2 is 1.07 bits per heavy atom. The van der Waals surface area contributed by atoms with Crippen LogP contribution in [0.2, 0.25) is 0 Å². The molecular formula is C24H30O4. The number of rotatable bonds is 8. The molecule has 0 saturated heterocycles. The van der Waals surface area contributed by atoms with E-state index < -0.39 is 12.2 Å². The van der Waals surface area contributed by atoms with Crippen LogP contribution >= 0.6 is 0 Å². The second kappa shape index (κ2) is 8.80. The Morgan fingerprint density at radius 1 is 0.679 bits per heavy atom. The minimum atomic E-state index is -0.504. The summed E-state index contributed by atoms with van der Waals surface area (Å²) in [6.45, 7) is 8.46. The molecule has 0 spiro atoms. The maximum absolute atomic E-state index is 10.0. The van der Waals surface area contributed by atoms with Gasteiger partial charge in [0.05, 0.1) is 12.2 Å². The van der Waals surface area contributed by atoms with E-state index in [0.29, 0.717) is 12.8 Å². The van der Waals surface area contributed by atoms with Crippen molar-refractivity contribution in [2.75, 3.05) is 13.2 Å². The van der Waals surface area contributed by atoms with Crippen LogP contribution in [0.5, 0.6) is 11.5 Å². The first kappa shape index (κ1) is 20.4. The number of ether oxygens (including phenoxy) is 2. The molecule has 0 saturated carbocycles. The van der Waals surface area contributed by atoms with Crippen molar-refractivity contribution in [3.63, 3.8) is 0 Å². The van der Waals surface area contributed by atoms with Crippen LogP contribution in [0.4, 0.5) is 0 Å². The molecule has 0 radical (unpaired) electrons. The Morgan fingerprint density at radius 3 is 1.43 bits per heavy atom. The van der Waals surface area contributed by atoms with Gasteiger partial charge in [-0.15, -0.1) is 0 Å². The first-order chi connectivity index (χ1) is 13.4. The van der Waals surface area contributed by atoms with Crippen molar-refractivity contribution in [2.45, 2.75) is 52.7 Å². The van der Waals surface area contributed by atoms with Crippen molar-refractivity contribution in [1.82, 2.24) is 0 Å². The number of hydrogen-bond acceptors (Lipinski definition) is 4. The minimum Gasteiger partial charge on any atom is -0.490 e. The third-order valence-electron chi connectivity index (χ3n) is 5.11. The predicted octanol–water partition coefficient (Wildman–Crippen LogP) is 4.91. The summed E-state index contributed by atoms with van der Waals surface area (Å²) < 4.78 is 12.3. The van der Waals surface area contributed by atoms with E-state index in [1.807, 2.05) is 39.8 Å². The molecule has 0 heterocycles. The molecule has 150 valence electrons. The maximum Gasteiger partial charge on any atom is 0.135 e. The molecule has 3 aromatic carbocycles. The van der Waals surface area contributed by atoms with E-state index in [1.54, 1.807) is 0 Å². The monoisotopic (exact) mass is 382 g/mol. The van der Waals surface area contributed by atoms with Gasteiger partial charge in [0, 0.05) is 21.5 Å². The number of aliphatic hydroxyl groups excluding tert-OH is 2. The molecule has 0 aliphatic heterocycles. The number of benzene rings is 3. The van der Waals surface area contributed by atoms with Crippen molar-refractivity contribution in [1.29, 1.82) is 0 Å². The lowest BCUT2D eigenvalue weighted by atomic mass is 9.97. The fraction of sp³-hybridized carbons (Fsp3) is 0.417. The fourth-order valence-corrected chi connectivity index (χ4v) is 3.28. The highest BCUT2D eigenvalue weighted by Crippen LogP contribution is 2.43. The van der Waals surface area contributed by atoms with Gasteiger partial charge >= 0.3 is 0 Å². The van der Waals surface area contributed by atoms with Gasteiger partial charge in [0.1, 0.15) is 24.7 Å². The quantitative estimate of drug-likeness (QED) is 0.544. The van der Waals surface area contributed by atoms with Gasteiger partial charge in [0.15, 0.2) is 0 Å². The molecule has 0 bridgehead atoms. The smallest absolute Gasteiger partial charge is 0.135 e. The molecule has 0 amide bonds. The maximum atomic E-state index is 10.0. The molecule has 0 aliphatic carbocycles. The van der Waals surface area contributed by atoms with Gasteiger partial charge in [-0.2, -0.15) is 0 Å². The van der Waals surface area contributed by atoms with Gasteiger partial charge in [-0.25, -0.2) is 0 Å². The zero-order valence-electron chi connectivity index (χ0n) is 17.2.